The molecule has 0 aliphatic rings. The number of ketones is 1. The van der Waals surface area contributed by atoms with E-state index < -0.39 is 11.9 Å². The Morgan fingerprint density at radius 1 is 1.62 bits per heavy atom. The van der Waals surface area contributed by atoms with Crippen LogP contribution in [0.5, 0.6) is 0 Å². The molecule has 0 heterocycles. The zero-order chi connectivity index (χ0) is 10.3. The molecule has 5 nitrogen and oxygen atoms in total. The lowest BCUT2D eigenvalue weighted by molar-refractivity contribution is -0.119. The van der Waals surface area contributed by atoms with Gasteiger partial charge in [0.05, 0.1) is 6.07 Å². The number of nitrogens with zero attached hydrogens (tertiary/aromatic N) is 1. The van der Waals surface area contributed by atoms with Crippen LogP contribution >= 0.6 is 0 Å². The highest BCUT2D eigenvalue weighted by molar-refractivity contribution is 5.80. The third kappa shape index (κ3) is 5.67. The Kier molecular flexibility index (Phi) is 5.28. The van der Waals surface area contributed by atoms with E-state index in [2.05, 4.69) is 5.32 Å². The van der Waals surface area contributed by atoms with Crippen molar-refractivity contribution in [2.24, 2.45) is 11.7 Å². The van der Waals surface area contributed by atoms with Gasteiger partial charge in [0.2, 0.25) is 0 Å². The van der Waals surface area contributed by atoms with Gasteiger partial charge in [-0.3, -0.25) is 4.79 Å². The first kappa shape index (κ1) is 11.4. The van der Waals surface area contributed by atoms with Gasteiger partial charge in [0.15, 0.2) is 0 Å². The molecule has 0 saturated carbocycles. The monoisotopic (exact) mass is 183 g/mol. The minimum absolute atomic E-state index is 0.137. The molecule has 1 unspecified atom stereocenters. The van der Waals surface area contributed by atoms with Crippen LogP contribution in [0.2, 0.25) is 0 Å². The third-order valence-corrected chi connectivity index (χ3v) is 1.62. The van der Waals surface area contributed by atoms with Crippen molar-refractivity contribution in [2.45, 2.75) is 19.8 Å². The van der Waals surface area contributed by atoms with Crippen LogP contribution in [0.25, 0.3) is 0 Å². The molecule has 0 aromatic rings. The number of hydrogen-bond donors (Lipinski definition) is 2. The maximum Gasteiger partial charge on any atom is 0.312 e. The summed E-state index contributed by atoms with van der Waals surface area (Å²) >= 11 is 0. The number of nitrogens with one attached hydrogen (secondary N) is 1. The molecule has 0 rings (SSSR count). The topological polar surface area (TPSA) is 96.0 Å². The molecule has 5 heteroatoms. The Labute approximate surface area is 76.9 Å². The molecule has 0 aliphatic carbocycles. The largest absolute Gasteiger partial charge is 0.352 e. The number of carbonyl (C=O) groups is 2. The highest BCUT2D eigenvalue weighted by atomic mass is 16.2. The molecule has 1 atom stereocenters. The zero-order valence-corrected chi connectivity index (χ0v) is 7.54. The highest BCUT2D eigenvalue weighted by Crippen LogP contribution is 2.05. The molecule has 0 radical (unpaired) electrons. The van der Waals surface area contributed by atoms with E-state index in [4.69, 9.17) is 11.0 Å². The van der Waals surface area contributed by atoms with Gasteiger partial charge < -0.3 is 11.1 Å². The smallest absolute Gasteiger partial charge is 0.312 e. The Hall–Kier alpha value is -1.57. The molecule has 0 saturated heterocycles. The number of urea groups is 1. The van der Waals surface area contributed by atoms with E-state index in [1.54, 1.807) is 0 Å². The molecule has 0 aromatic heterocycles. The summed E-state index contributed by atoms with van der Waals surface area (Å²) in [6, 6.07) is 1.31. The lowest BCUT2D eigenvalue weighted by Gasteiger charge is -2.04. The zero-order valence-electron chi connectivity index (χ0n) is 7.54. The lowest BCUT2D eigenvalue weighted by Crippen LogP contribution is -2.30. The molecular formula is C8H13N3O2. The van der Waals surface area contributed by atoms with Gasteiger partial charge in [0, 0.05) is 6.54 Å². The van der Waals surface area contributed by atoms with Crippen molar-refractivity contribution >= 4 is 11.8 Å². The van der Waals surface area contributed by atoms with E-state index in [0.29, 0.717) is 19.4 Å². The first-order chi connectivity index (χ1) is 6.07. The summed E-state index contributed by atoms with van der Waals surface area (Å²) in [7, 11) is 0. The molecule has 0 aromatic carbocycles. The highest BCUT2D eigenvalue weighted by Gasteiger charge is 2.11. The summed E-state index contributed by atoms with van der Waals surface area (Å²) < 4.78 is 0. The maximum absolute atomic E-state index is 10.8. The predicted molar refractivity (Wildman–Crippen MR) is 46.6 cm³/mol. The summed E-state index contributed by atoms with van der Waals surface area (Å²) in [6.07, 6.45) is 1.05. The van der Waals surface area contributed by atoms with E-state index in [-0.39, 0.29) is 5.78 Å². The van der Waals surface area contributed by atoms with Gasteiger partial charge in [-0.2, -0.15) is 5.26 Å². The quantitative estimate of drug-likeness (QED) is 0.594. The first-order valence-electron chi connectivity index (χ1n) is 4.01. The first-order valence-corrected chi connectivity index (χ1v) is 4.01. The second-order valence-corrected chi connectivity index (χ2v) is 2.73. The molecule has 13 heavy (non-hydrogen) atoms. The minimum Gasteiger partial charge on any atom is -0.352 e. The molecule has 0 bridgehead atoms. The molecule has 0 fully saturated rings. The van der Waals surface area contributed by atoms with Crippen LogP contribution in [0.1, 0.15) is 19.8 Å². The fraction of sp³-hybridized carbons (Fsp3) is 0.625. The number of nitriles is 1. The van der Waals surface area contributed by atoms with Crippen LogP contribution in [0.4, 0.5) is 4.79 Å². The Morgan fingerprint density at radius 3 is 2.62 bits per heavy atom. The molecule has 2 amide bonds. The normalized spacial score (nSPS) is 11.4. The van der Waals surface area contributed by atoms with Crippen molar-refractivity contribution in [3.05, 3.63) is 0 Å². The van der Waals surface area contributed by atoms with Crippen LogP contribution in [-0.2, 0) is 4.79 Å². The van der Waals surface area contributed by atoms with Crippen LogP contribution < -0.4 is 11.1 Å². The number of amides is 2. The number of Topliss-reactive ketones (excluding diaryl/α,β-unsaturated/α-hetero) is 1. The average molecular weight is 183 g/mol. The summed E-state index contributed by atoms with van der Waals surface area (Å²) in [4.78, 5) is 21.0. The van der Waals surface area contributed by atoms with Crippen LogP contribution in [-0.4, -0.2) is 18.4 Å². The van der Waals surface area contributed by atoms with Gasteiger partial charge in [0.25, 0.3) is 0 Å². The molecule has 0 aliphatic heterocycles. The molecule has 3 N–H and O–H groups in total. The fourth-order valence-corrected chi connectivity index (χ4v) is 0.876. The number of hydrogen-bond acceptors (Lipinski definition) is 3. The summed E-state index contributed by atoms with van der Waals surface area (Å²) in [5, 5.41) is 10.9. The van der Waals surface area contributed by atoms with Crippen molar-refractivity contribution in [1.29, 1.82) is 5.26 Å². The fourth-order valence-electron chi connectivity index (χ4n) is 0.876. The number of rotatable bonds is 5. The number of primary amides is 1. The van der Waals surface area contributed by atoms with Gasteiger partial charge in [-0.05, 0) is 19.8 Å². The van der Waals surface area contributed by atoms with Gasteiger partial charge in [-0.25, -0.2) is 4.79 Å². The Balaban J connectivity index is 3.57. The Morgan fingerprint density at radius 2 is 2.23 bits per heavy atom. The van der Waals surface area contributed by atoms with Crippen molar-refractivity contribution in [3.8, 4) is 6.07 Å². The van der Waals surface area contributed by atoms with E-state index in [1.807, 2.05) is 6.07 Å². The van der Waals surface area contributed by atoms with Crippen molar-refractivity contribution in [2.75, 3.05) is 6.54 Å². The van der Waals surface area contributed by atoms with E-state index in [1.165, 1.54) is 6.92 Å². The SMILES string of the molecule is CC(=O)C(C#N)CCCNC(N)=O. The number of carbonyl (C=O) groups excluding carboxylic acids is 2. The second-order valence-electron chi connectivity index (χ2n) is 2.73. The van der Waals surface area contributed by atoms with E-state index in [9.17, 15) is 9.59 Å². The summed E-state index contributed by atoms with van der Waals surface area (Å²) in [6.45, 7) is 1.79. The molecule has 72 valence electrons. The molecule has 0 spiro atoms. The van der Waals surface area contributed by atoms with Crippen LogP contribution in [0, 0.1) is 17.2 Å². The second kappa shape index (κ2) is 6.00. The Bertz CT molecular complexity index is 232. The van der Waals surface area contributed by atoms with Crippen LogP contribution in [0.15, 0.2) is 0 Å². The summed E-state index contributed by atoms with van der Waals surface area (Å²) in [5.41, 5.74) is 4.82. The lowest BCUT2D eigenvalue weighted by atomic mass is 10.0. The van der Waals surface area contributed by atoms with Crippen LogP contribution in [0.3, 0.4) is 0 Å². The standard InChI is InChI=1S/C8H13N3O2/c1-6(12)7(5-9)3-2-4-11-8(10)13/h7H,2-4H2,1H3,(H3,10,11,13). The maximum atomic E-state index is 10.8. The van der Waals surface area contributed by atoms with Gasteiger partial charge in [-0.1, -0.05) is 0 Å². The third-order valence-electron chi connectivity index (χ3n) is 1.62. The van der Waals surface area contributed by atoms with Crippen molar-refractivity contribution < 1.29 is 9.59 Å². The number of nitrogens with two attached hydrogens (primary N) is 1. The van der Waals surface area contributed by atoms with E-state index in [0.717, 1.165) is 0 Å². The van der Waals surface area contributed by atoms with Crippen molar-refractivity contribution in [1.82, 2.24) is 5.32 Å². The molecular weight excluding hydrogens is 170 g/mol. The minimum atomic E-state index is -0.587. The van der Waals surface area contributed by atoms with Gasteiger partial charge >= 0.3 is 6.03 Å². The average Bonchev–Trinajstić information content (AvgIpc) is 2.03. The van der Waals surface area contributed by atoms with E-state index >= 15 is 0 Å². The van der Waals surface area contributed by atoms with Gasteiger partial charge in [0.1, 0.15) is 11.7 Å². The predicted octanol–water partition coefficient (Wildman–Crippen LogP) is 0.164. The van der Waals surface area contributed by atoms with Crippen molar-refractivity contribution in [3.63, 3.8) is 0 Å². The van der Waals surface area contributed by atoms with Gasteiger partial charge in [-0.15, -0.1) is 0 Å². The summed E-state index contributed by atoms with van der Waals surface area (Å²) in [5.74, 6) is -0.698.